The van der Waals surface area contributed by atoms with Crippen LogP contribution in [0.15, 0.2) is 71.9 Å². The summed E-state index contributed by atoms with van der Waals surface area (Å²) in [6.45, 7) is 4.00. The second-order valence-electron chi connectivity index (χ2n) is 8.79. The van der Waals surface area contributed by atoms with Crippen molar-refractivity contribution in [3.63, 3.8) is 0 Å². The zero-order valence-electron chi connectivity index (χ0n) is 21.1. The number of benzene rings is 2. The van der Waals surface area contributed by atoms with Gasteiger partial charge in [-0.05, 0) is 48.5 Å². The molecule has 0 bridgehead atoms. The summed E-state index contributed by atoms with van der Waals surface area (Å²) in [6, 6.07) is 13.4. The molecule has 1 aliphatic rings. The molecule has 2 amide bonds. The van der Waals surface area contributed by atoms with E-state index in [0.717, 1.165) is 5.56 Å². The number of nitrogens with one attached hydrogen (secondary N) is 3. The summed E-state index contributed by atoms with van der Waals surface area (Å²) >= 11 is 0. The predicted molar refractivity (Wildman–Crippen MR) is 147 cm³/mol. The Bertz CT molecular complexity index is 1570. The van der Waals surface area contributed by atoms with E-state index in [1.807, 2.05) is 17.0 Å². The van der Waals surface area contributed by atoms with Crippen LogP contribution in [0.4, 0.5) is 26.5 Å². The molecule has 0 aliphatic carbocycles. The number of carbonyl (C=O) groups is 1. The van der Waals surface area contributed by atoms with Gasteiger partial charge in [-0.1, -0.05) is 13.0 Å². The van der Waals surface area contributed by atoms with Gasteiger partial charge in [-0.2, -0.15) is 0 Å². The van der Waals surface area contributed by atoms with Gasteiger partial charge >= 0.3 is 6.03 Å². The first kappa shape index (κ1) is 26.3. The van der Waals surface area contributed by atoms with E-state index in [0.29, 0.717) is 49.3 Å². The van der Waals surface area contributed by atoms with Crippen LogP contribution in [-0.4, -0.2) is 61.5 Å². The van der Waals surface area contributed by atoms with Crippen molar-refractivity contribution in [2.75, 3.05) is 47.6 Å². The number of sulfone groups is 1. The summed E-state index contributed by atoms with van der Waals surface area (Å²) in [5, 5.41) is 5.14. The summed E-state index contributed by atoms with van der Waals surface area (Å²) in [7, 11) is -3.36. The van der Waals surface area contributed by atoms with Crippen molar-refractivity contribution in [1.82, 2.24) is 15.0 Å². The molecular weight excluding hydrogens is 523 g/mol. The Kier molecular flexibility index (Phi) is 7.57. The van der Waals surface area contributed by atoms with Gasteiger partial charge in [0.05, 0.1) is 35.2 Å². The lowest BCUT2D eigenvalue weighted by Crippen LogP contribution is -2.36. The minimum atomic E-state index is -3.36. The third-order valence-electron chi connectivity index (χ3n) is 6.32. The molecule has 2 aromatic carbocycles. The van der Waals surface area contributed by atoms with Crippen LogP contribution in [0.1, 0.15) is 6.92 Å². The molecule has 4 aromatic rings. The van der Waals surface area contributed by atoms with Crippen LogP contribution in [0.3, 0.4) is 0 Å². The molecule has 1 saturated heterocycles. The average molecular weight is 551 g/mol. The SMILES string of the molecule is CCS(=O)(=O)c1ccc(NC(=O)Nc2cccc(-c3nc(N4CCOCC4)[nH]c3-c3ccncc3)c2F)cc1. The Morgan fingerprint density at radius 3 is 2.46 bits per heavy atom. The fourth-order valence-electron chi connectivity index (χ4n) is 4.22. The van der Waals surface area contributed by atoms with E-state index >= 15 is 4.39 Å². The number of nitrogens with zero attached hydrogens (tertiary/aromatic N) is 3. The highest BCUT2D eigenvalue weighted by atomic mass is 32.2. The number of imidazole rings is 1. The molecule has 0 atom stereocenters. The number of rotatable bonds is 7. The summed E-state index contributed by atoms with van der Waals surface area (Å²) < 4.78 is 45.3. The molecule has 5 rings (SSSR count). The number of morpholine rings is 1. The number of aromatic amines is 1. The molecule has 2 aromatic heterocycles. The number of hydrogen-bond acceptors (Lipinski definition) is 7. The number of urea groups is 1. The van der Waals surface area contributed by atoms with Gasteiger partial charge in [-0.15, -0.1) is 0 Å². The van der Waals surface area contributed by atoms with Crippen molar-refractivity contribution >= 4 is 33.2 Å². The van der Waals surface area contributed by atoms with Crippen LogP contribution in [0.2, 0.25) is 0 Å². The van der Waals surface area contributed by atoms with Crippen LogP contribution < -0.4 is 15.5 Å². The minimum Gasteiger partial charge on any atom is -0.378 e. The second kappa shape index (κ2) is 11.2. The zero-order chi connectivity index (χ0) is 27.4. The lowest BCUT2D eigenvalue weighted by molar-refractivity contribution is 0.122. The van der Waals surface area contributed by atoms with Crippen LogP contribution in [-0.2, 0) is 14.6 Å². The fourth-order valence-corrected chi connectivity index (χ4v) is 5.10. The smallest absolute Gasteiger partial charge is 0.323 e. The number of anilines is 3. The maximum atomic E-state index is 15.8. The van der Waals surface area contributed by atoms with Crippen molar-refractivity contribution < 1.29 is 22.3 Å². The minimum absolute atomic E-state index is 0.0251. The molecule has 0 radical (unpaired) electrons. The van der Waals surface area contributed by atoms with E-state index < -0.39 is 21.7 Å². The summed E-state index contributed by atoms with van der Waals surface area (Å²) in [4.78, 5) is 27.0. The Balaban J connectivity index is 1.41. The van der Waals surface area contributed by atoms with Crippen LogP contribution in [0.5, 0.6) is 0 Å². The van der Waals surface area contributed by atoms with E-state index in [1.54, 1.807) is 31.5 Å². The highest BCUT2D eigenvalue weighted by Gasteiger charge is 2.23. The highest BCUT2D eigenvalue weighted by Crippen LogP contribution is 2.36. The quantitative estimate of drug-likeness (QED) is 0.308. The molecule has 10 nitrogen and oxygen atoms in total. The Morgan fingerprint density at radius 1 is 1.05 bits per heavy atom. The molecule has 39 heavy (non-hydrogen) atoms. The Hall–Kier alpha value is -4.29. The number of halogens is 1. The number of aromatic nitrogens is 3. The van der Waals surface area contributed by atoms with E-state index in [2.05, 4.69) is 20.6 Å². The van der Waals surface area contributed by atoms with Gasteiger partial charge in [-0.25, -0.2) is 22.6 Å². The first-order valence-electron chi connectivity index (χ1n) is 12.4. The normalized spacial score (nSPS) is 13.7. The molecule has 1 fully saturated rings. The first-order chi connectivity index (χ1) is 18.9. The largest absolute Gasteiger partial charge is 0.378 e. The Labute approximate surface area is 225 Å². The van der Waals surface area contributed by atoms with E-state index in [1.165, 1.54) is 30.3 Å². The zero-order valence-corrected chi connectivity index (χ0v) is 22.0. The van der Waals surface area contributed by atoms with E-state index in [4.69, 9.17) is 9.72 Å². The van der Waals surface area contributed by atoms with Crippen LogP contribution >= 0.6 is 0 Å². The van der Waals surface area contributed by atoms with Gasteiger partial charge in [0, 0.05) is 42.3 Å². The lowest BCUT2D eigenvalue weighted by atomic mass is 10.0. The number of ether oxygens (including phenoxy) is 1. The topological polar surface area (TPSA) is 129 Å². The van der Waals surface area contributed by atoms with Gasteiger partial charge in [-0.3, -0.25) is 4.98 Å². The summed E-state index contributed by atoms with van der Waals surface area (Å²) in [5.74, 6) is -0.0700. The molecular formula is C27H27FN6O4S. The van der Waals surface area contributed by atoms with Gasteiger partial charge < -0.3 is 25.3 Å². The van der Waals surface area contributed by atoms with Crippen molar-refractivity contribution in [2.45, 2.75) is 11.8 Å². The van der Waals surface area contributed by atoms with Gasteiger partial charge in [0.1, 0.15) is 5.69 Å². The second-order valence-corrected chi connectivity index (χ2v) is 11.1. The summed E-state index contributed by atoms with van der Waals surface area (Å²) in [5.41, 5.74) is 2.35. The molecule has 3 heterocycles. The molecule has 3 N–H and O–H groups in total. The number of pyridine rings is 1. The molecule has 1 aliphatic heterocycles. The monoisotopic (exact) mass is 550 g/mol. The van der Waals surface area contributed by atoms with Crippen LogP contribution in [0.25, 0.3) is 22.5 Å². The van der Waals surface area contributed by atoms with E-state index in [-0.39, 0.29) is 21.9 Å². The lowest BCUT2D eigenvalue weighted by Gasteiger charge is -2.26. The predicted octanol–water partition coefficient (Wildman–Crippen LogP) is 4.55. The fraction of sp³-hybridized carbons (Fsp3) is 0.222. The van der Waals surface area contributed by atoms with Crippen molar-refractivity contribution in [1.29, 1.82) is 0 Å². The van der Waals surface area contributed by atoms with Crippen LogP contribution in [0, 0.1) is 5.82 Å². The maximum Gasteiger partial charge on any atom is 0.323 e. The molecule has 0 spiro atoms. The maximum absolute atomic E-state index is 15.8. The number of H-pyrrole nitrogens is 1. The Morgan fingerprint density at radius 2 is 1.77 bits per heavy atom. The van der Waals surface area contributed by atoms with Crippen molar-refractivity contribution in [3.8, 4) is 22.5 Å². The summed E-state index contributed by atoms with van der Waals surface area (Å²) in [6.07, 6.45) is 3.30. The van der Waals surface area contributed by atoms with E-state index in [9.17, 15) is 13.2 Å². The molecule has 202 valence electrons. The molecule has 0 unspecified atom stereocenters. The number of hydrogen-bond donors (Lipinski definition) is 3. The number of carbonyl (C=O) groups excluding carboxylic acids is 1. The van der Waals surface area contributed by atoms with Crippen molar-refractivity contribution in [2.24, 2.45) is 0 Å². The van der Waals surface area contributed by atoms with Gasteiger partial charge in [0.15, 0.2) is 15.7 Å². The molecule has 0 saturated carbocycles. The van der Waals surface area contributed by atoms with Crippen molar-refractivity contribution in [3.05, 3.63) is 72.8 Å². The average Bonchev–Trinajstić information content (AvgIpc) is 3.41. The molecule has 12 heteroatoms. The number of amides is 2. The highest BCUT2D eigenvalue weighted by molar-refractivity contribution is 7.91. The standard InChI is InChI=1S/C27H27FN6O4S/c1-2-39(36,37)20-8-6-19(7-9-20)30-27(35)31-22-5-3-4-21(23(22)28)25-24(18-10-12-29-13-11-18)32-26(33-25)34-14-16-38-17-15-34/h3-13H,2,14-17H2,1H3,(H,32,33)(H2,30,31,35). The van der Waals surface area contributed by atoms with Gasteiger partial charge in [0.25, 0.3) is 0 Å². The third kappa shape index (κ3) is 5.76. The van der Waals surface area contributed by atoms with Gasteiger partial charge in [0.2, 0.25) is 5.95 Å². The first-order valence-corrected chi connectivity index (χ1v) is 14.0. The third-order valence-corrected chi connectivity index (χ3v) is 8.07.